The smallest absolute Gasteiger partial charge is 0.318 e. The van der Waals surface area contributed by atoms with Gasteiger partial charge in [-0.25, -0.2) is 4.79 Å². The van der Waals surface area contributed by atoms with E-state index in [2.05, 4.69) is 26.6 Å². The van der Waals surface area contributed by atoms with Crippen molar-refractivity contribution in [1.82, 2.24) is 10.6 Å². The summed E-state index contributed by atoms with van der Waals surface area (Å²) >= 11 is 3.42. The van der Waals surface area contributed by atoms with E-state index in [9.17, 15) is 9.59 Å². The van der Waals surface area contributed by atoms with Crippen molar-refractivity contribution in [1.29, 1.82) is 0 Å². The van der Waals surface area contributed by atoms with Gasteiger partial charge < -0.3 is 5.73 Å². The molecule has 24 heavy (non-hydrogen) atoms. The van der Waals surface area contributed by atoms with Crippen molar-refractivity contribution >= 4 is 27.9 Å². The second kappa shape index (κ2) is 8.61. The minimum atomic E-state index is -0.862. The van der Waals surface area contributed by atoms with Gasteiger partial charge in [0, 0.05) is 10.5 Å². The quantitative estimate of drug-likeness (QED) is 0.707. The molecule has 2 aromatic carbocycles. The summed E-state index contributed by atoms with van der Waals surface area (Å²) in [4.78, 5) is 23.5. The Labute approximate surface area is 149 Å². The minimum Gasteiger partial charge on any atom is -0.351 e. The second-order valence-corrected chi connectivity index (χ2v) is 6.29. The fourth-order valence-electron chi connectivity index (χ4n) is 2.51. The van der Waals surface area contributed by atoms with Crippen molar-refractivity contribution in [3.8, 4) is 0 Å². The first-order valence-electron chi connectivity index (χ1n) is 7.68. The normalized spacial score (nSPS) is 13.1. The second-order valence-electron chi connectivity index (χ2n) is 5.38. The van der Waals surface area contributed by atoms with Gasteiger partial charge in [0.25, 0.3) is 0 Å². The van der Waals surface area contributed by atoms with Crippen LogP contribution in [0.3, 0.4) is 0 Å². The van der Waals surface area contributed by atoms with Crippen LogP contribution in [0.2, 0.25) is 0 Å². The number of urea groups is 1. The average molecular weight is 390 g/mol. The Kier molecular flexibility index (Phi) is 6.52. The van der Waals surface area contributed by atoms with Crippen LogP contribution in [-0.2, 0) is 4.79 Å². The van der Waals surface area contributed by atoms with Gasteiger partial charge in [-0.05, 0) is 29.7 Å². The Morgan fingerprint density at radius 3 is 2.21 bits per heavy atom. The predicted octanol–water partition coefficient (Wildman–Crippen LogP) is 3.43. The Morgan fingerprint density at radius 1 is 1.04 bits per heavy atom. The Bertz CT molecular complexity index is 689. The highest BCUT2D eigenvalue weighted by molar-refractivity contribution is 9.10. The number of hydrogen-bond acceptors (Lipinski definition) is 3. The molecule has 0 aliphatic carbocycles. The third kappa shape index (κ3) is 4.91. The van der Waals surface area contributed by atoms with Crippen LogP contribution in [0.5, 0.6) is 0 Å². The summed E-state index contributed by atoms with van der Waals surface area (Å²) in [5, 5.41) is 5.49. The van der Waals surface area contributed by atoms with Gasteiger partial charge in [0.15, 0.2) is 0 Å². The van der Waals surface area contributed by atoms with Crippen molar-refractivity contribution in [3.05, 3.63) is 70.2 Å². The van der Waals surface area contributed by atoms with Gasteiger partial charge in [-0.15, -0.1) is 0 Å². The molecule has 3 amide bonds. The van der Waals surface area contributed by atoms with Crippen molar-refractivity contribution < 1.29 is 9.59 Å². The number of imide groups is 1. The summed E-state index contributed by atoms with van der Waals surface area (Å²) < 4.78 is 0.993. The van der Waals surface area contributed by atoms with E-state index in [0.29, 0.717) is 0 Å². The Balaban J connectivity index is 2.27. The van der Waals surface area contributed by atoms with Crippen molar-refractivity contribution in [3.63, 3.8) is 0 Å². The summed E-state index contributed by atoms with van der Waals surface area (Å²) in [7, 11) is 0. The van der Waals surface area contributed by atoms with Crippen molar-refractivity contribution in [2.75, 3.05) is 0 Å². The molecule has 2 aromatic rings. The summed E-state index contributed by atoms with van der Waals surface area (Å²) in [5.41, 5.74) is 6.93. The van der Waals surface area contributed by atoms with Crippen LogP contribution in [0.15, 0.2) is 59.1 Å². The predicted molar refractivity (Wildman–Crippen MR) is 97.2 cm³/mol. The highest BCUT2D eigenvalue weighted by Gasteiger charge is 2.24. The zero-order chi connectivity index (χ0) is 17.5. The maximum absolute atomic E-state index is 12.4. The SMILES string of the molecule is CC[C@@H](N[C@@H](C(=O)NC(N)=O)c1ccccc1)c1ccc(Br)cc1. The summed E-state index contributed by atoms with van der Waals surface area (Å²) in [6.45, 7) is 2.04. The number of amides is 3. The van der Waals surface area contributed by atoms with Gasteiger partial charge in [0.1, 0.15) is 6.04 Å². The first kappa shape index (κ1) is 18.2. The molecule has 0 saturated carbocycles. The molecule has 6 heteroatoms. The molecule has 0 aliphatic heterocycles. The van der Waals surface area contributed by atoms with E-state index in [1.165, 1.54) is 0 Å². The first-order valence-corrected chi connectivity index (χ1v) is 8.47. The van der Waals surface area contributed by atoms with Crippen LogP contribution in [0.25, 0.3) is 0 Å². The molecule has 0 bridgehead atoms. The molecule has 0 heterocycles. The van der Waals surface area contributed by atoms with Gasteiger partial charge >= 0.3 is 6.03 Å². The van der Waals surface area contributed by atoms with Gasteiger partial charge in [-0.2, -0.15) is 0 Å². The van der Waals surface area contributed by atoms with Crippen molar-refractivity contribution in [2.24, 2.45) is 5.73 Å². The molecule has 5 nitrogen and oxygen atoms in total. The lowest BCUT2D eigenvalue weighted by molar-refractivity contribution is -0.122. The zero-order valence-corrected chi connectivity index (χ0v) is 14.9. The van der Waals surface area contributed by atoms with Crippen LogP contribution < -0.4 is 16.4 Å². The third-order valence-electron chi connectivity index (χ3n) is 3.69. The molecule has 0 radical (unpaired) electrons. The summed E-state index contributed by atoms with van der Waals surface area (Å²) in [6.07, 6.45) is 0.787. The van der Waals surface area contributed by atoms with E-state index in [1.807, 2.05) is 61.5 Å². The maximum Gasteiger partial charge on any atom is 0.318 e. The molecule has 0 saturated heterocycles. The van der Waals surface area contributed by atoms with Crippen LogP contribution >= 0.6 is 15.9 Å². The topological polar surface area (TPSA) is 84.2 Å². The molecule has 0 unspecified atom stereocenters. The van der Waals surface area contributed by atoms with Crippen LogP contribution in [-0.4, -0.2) is 11.9 Å². The highest BCUT2D eigenvalue weighted by atomic mass is 79.9. The number of rotatable bonds is 6. The number of hydrogen-bond donors (Lipinski definition) is 3. The molecule has 0 aliphatic rings. The lowest BCUT2D eigenvalue weighted by Crippen LogP contribution is -2.43. The van der Waals surface area contributed by atoms with Gasteiger partial charge in [0.05, 0.1) is 0 Å². The molecule has 0 spiro atoms. The maximum atomic E-state index is 12.4. The lowest BCUT2D eigenvalue weighted by Gasteiger charge is -2.25. The number of halogens is 1. The third-order valence-corrected chi connectivity index (χ3v) is 4.22. The first-order chi connectivity index (χ1) is 11.5. The summed E-state index contributed by atoms with van der Waals surface area (Å²) in [6, 6.07) is 15.6. The van der Waals surface area contributed by atoms with Crippen molar-refractivity contribution in [2.45, 2.75) is 25.4 Å². The monoisotopic (exact) mass is 389 g/mol. The minimum absolute atomic E-state index is 0.0399. The van der Waals surface area contributed by atoms with E-state index in [4.69, 9.17) is 5.73 Å². The molecular formula is C18H20BrN3O2. The fraction of sp³-hybridized carbons (Fsp3) is 0.222. The largest absolute Gasteiger partial charge is 0.351 e. The zero-order valence-electron chi connectivity index (χ0n) is 13.3. The number of nitrogens with two attached hydrogens (primary N) is 1. The molecule has 0 fully saturated rings. The number of nitrogens with one attached hydrogen (secondary N) is 2. The van der Waals surface area contributed by atoms with Gasteiger partial charge in [-0.1, -0.05) is 65.3 Å². The lowest BCUT2D eigenvalue weighted by atomic mass is 10.00. The molecular weight excluding hydrogens is 370 g/mol. The number of primary amides is 1. The van der Waals surface area contributed by atoms with Crippen LogP contribution in [0.1, 0.15) is 36.6 Å². The van der Waals surface area contributed by atoms with Crippen LogP contribution in [0, 0.1) is 0 Å². The summed E-state index contributed by atoms with van der Waals surface area (Å²) in [5.74, 6) is -0.468. The van der Waals surface area contributed by atoms with Gasteiger partial charge in [-0.3, -0.25) is 15.4 Å². The molecule has 2 atom stereocenters. The molecule has 0 aromatic heterocycles. The molecule has 4 N–H and O–H groups in total. The molecule has 2 rings (SSSR count). The fourth-order valence-corrected chi connectivity index (χ4v) is 2.77. The standard InChI is InChI=1S/C18H20BrN3O2/c1-2-15(12-8-10-14(19)11-9-12)21-16(17(23)22-18(20)24)13-6-4-3-5-7-13/h3-11,15-16,21H,2H2,1H3,(H3,20,22,23,24)/t15-,16-/m1/s1. The van der Waals surface area contributed by atoms with E-state index < -0.39 is 18.0 Å². The average Bonchev–Trinajstić information content (AvgIpc) is 2.57. The van der Waals surface area contributed by atoms with Gasteiger partial charge in [0.2, 0.25) is 5.91 Å². The van der Waals surface area contributed by atoms with E-state index in [0.717, 1.165) is 22.0 Å². The number of benzene rings is 2. The van der Waals surface area contributed by atoms with Crippen LogP contribution in [0.4, 0.5) is 4.79 Å². The van der Waals surface area contributed by atoms with E-state index in [1.54, 1.807) is 0 Å². The highest BCUT2D eigenvalue weighted by Crippen LogP contribution is 2.24. The van der Waals surface area contributed by atoms with E-state index >= 15 is 0 Å². The Hall–Kier alpha value is -2.18. The number of carbonyl (C=O) groups is 2. The number of carbonyl (C=O) groups excluding carboxylic acids is 2. The van der Waals surface area contributed by atoms with E-state index in [-0.39, 0.29) is 6.04 Å². The Morgan fingerprint density at radius 2 is 1.67 bits per heavy atom. The molecule has 126 valence electrons.